The first-order chi connectivity index (χ1) is 18.6. The molecule has 0 bridgehead atoms. The first-order valence-electron chi connectivity index (χ1n) is 12.7. The van der Waals surface area contributed by atoms with Crippen LogP contribution in [0.25, 0.3) is 5.65 Å². The molecule has 40 heavy (non-hydrogen) atoms. The number of nitrogens with zero attached hydrogens (tertiary/aromatic N) is 3. The van der Waals surface area contributed by atoms with Gasteiger partial charge in [-0.3, -0.25) is 9.20 Å². The summed E-state index contributed by atoms with van der Waals surface area (Å²) in [5.74, 6) is -0.166. The molecule has 1 N–H and O–H groups in total. The molecule has 1 saturated heterocycles. The second kappa shape index (κ2) is 12.0. The number of anilines is 1. The average Bonchev–Trinajstić information content (AvgIpc) is 3.22. The number of alkyl halides is 3. The minimum absolute atomic E-state index is 0. The summed E-state index contributed by atoms with van der Waals surface area (Å²) in [6.07, 6.45) is -1.13. The minimum Gasteiger partial charge on any atom is -0.406 e. The van der Waals surface area contributed by atoms with Crippen LogP contribution in [0.3, 0.4) is 0 Å². The third kappa shape index (κ3) is 6.64. The highest BCUT2D eigenvalue weighted by atomic mass is 35.5. The van der Waals surface area contributed by atoms with Gasteiger partial charge in [0.25, 0.3) is 5.91 Å². The number of fused-ring (bicyclic) bond motifs is 1. The zero-order chi connectivity index (χ0) is 27.7. The Balaban J connectivity index is 0.00000370. The monoisotopic (exact) mass is 592 g/mol. The Hall–Kier alpha value is -3.43. The van der Waals surface area contributed by atoms with Crippen LogP contribution in [-0.2, 0) is 6.54 Å². The molecule has 1 fully saturated rings. The van der Waals surface area contributed by atoms with Crippen molar-refractivity contribution in [3.05, 3.63) is 93.9 Å². The van der Waals surface area contributed by atoms with E-state index in [4.69, 9.17) is 11.6 Å². The number of ether oxygens (including phenoxy) is 1. The van der Waals surface area contributed by atoms with Gasteiger partial charge in [0.2, 0.25) is 0 Å². The Labute approximate surface area is 241 Å². The van der Waals surface area contributed by atoms with Gasteiger partial charge in [-0.05, 0) is 85.7 Å². The highest BCUT2D eigenvalue weighted by Gasteiger charge is 2.31. The first-order valence-corrected chi connectivity index (χ1v) is 13.1. The highest BCUT2D eigenvalue weighted by molar-refractivity contribution is 6.33. The number of pyridine rings is 1. The summed E-state index contributed by atoms with van der Waals surface area (Å²) in [6, 6.07) is 15.8. The summed E-state index contributed by atoms with van der Waals surface area (Å²) in [5, 5.41) is 3.58. The molecule has 2 aromatic heterocycles. The number of nitrogens with one attached hydrogen (secondary N) is 1. The second-order valence-corrected chi connectivity index (χ2v) is 10.2. The van der Waals surface area contributed by atoms with Crippen LogP contribution in [0.4, 0.5) is 18.9 Å². The maximum absolute atomic E-state index is 13.0. The van der Waals surface area contributed by atoms with E-state index in [0.717, 1.165) is 54.0 Å². The summed E-state index contributed by atoms with van der Waals surface area (Å²) >= 11 is 6.65. The maximum Gasteiger partial charge on any atom is 0.573 e. The van der Waals surface area contributed by atoms with Gasteiger partial charge in [0, 0.05) is 25.8 Å². The van der Waals surface area contributed by atoms with E-state index in [9.17, 15) is 18.0 Å². The van der Waals surface area contributed by atoms with Crippen molar-refractivity contribution in [2.24, 2.45) is 0 Å². The SMILES string of the molecule is Cc1ccn2c(C(=O)NCc3ccc(N4CCC(c5ccc(OC(F)(F)F)cc5)CC4)c(Cl)c3)c(C)nc2c1.Cl. The molecular weight excluding hydrogens is 564 g/mol. The summed E-state index contributed by atoms with van der Waals surface area (Å²) in [5.41, 5.74) is 5.80. The number of imidazole rings is 1. The molecule has 11 heteroatoms. The molecule has 0 radical (unpaired) electrons. The zero-order valence-corrected chi connectivity index (χ0v) is 23.5. The lowest BCUT2D eigenvalue weighted by atomic mass is 9.89. The molecule has 0 unspecified atom stereocenters. The van der Waals surface area contributed by atoms with E-state index in [1.807, 2.05) is 50.4 Å². The zero-order valence-electron chi connectivity index (χ0n) is 22.0. The van der Waals surface area contributed by atoms with E-state index >= 15 is 0 Å². The van der Waals surface area contributed by atoms with Crippen molar-refractivity contribution in [1.82, 2.24) is 14.7 Å². The molecule has 6 nitrogen and oxygen atoms in total. The number of halogens is 5. The molecule has 4 aromatic rings. The number of hydrogen-bond donors (Lipinski definition) is 1. The number of piperidine rings is 1. The molecule has 2 aromatic carbocycles. The van der Waals surface area contributed by atoms with Crippen LogP contribution in [0, 0.1) is 13.8 Å². The molecule has 0 atom stereocenters. The number of carbonyl (C=O) groups is 1. The maximum atomic E-state index is 13.0. The lowest BCUT2D eigenvalue weighted by Crippen LogP contribution is -2.33. The van der Waals surface area contributed by atoms with E-state index < -0.39 is 6.36 Å². The fourth-order valence-corrected chi connectivity index (χ4v) is 5.44. The Morgan fingerprint density at radius 1 is 1.07 bits per heavy atom. The van der Waals surface area contributed by atoms with Gasteiger partial charge in [-0.2, -0.15) is 0 Å². The van der Waals surface area contributed by atoms with Gasteiger partial charge in [-0.25, -0.2) is 4.98 Å². The topological polar surface area (TPSA) is 58.9 Å². The molecule has 3 heterocycles. The molecule has 5 rings (SSSR count). The van der Waals surface area contributed by atoms with E-state index in [2.05, 4.69) is 19.9 Å². The van der Waals surface area contributed by atoms with Crippen molar-refractivity contribution >= 4 is 41.2 Å². The Morgan fingerprint density at radius 3 is 2.42 bits per heavy atom. The molecule has 1 aliphatic rings. The Bertz CT molecular complexity index is 1500. The van der Waals surface area contributed by atoms with Gasteiger partial charge in [-0.15, -0.1) is 25.6 Å². The van der Waals surface area contributed by atoms with Gasteiger partial charge in [0.1, 0.15) is 17.1 Å². The van der Waals surface area contributed by atoms with Crippen LogP contribution in [0.5, 0.6) is 5.75 Å². The van der Waals surface area contributed by atoms with Crippen molar-refractivity contribution in [3.63, 3.8) is 0 Å². The fraction of sp³-hybridized carbons (Fsp3) is 0.310. The normalized spacial score (nSPS) is 14.2. The highest BCUT2D eigenvalue weighted by Crippen LogP contribution is 2.35. The number of benzene rings is 2. The first kappa shape index (κ1) is 29.6. The quantitative estimate of drug-likeness (QED) is 0.256. The van der Waals surface area contributed by atoms with Crippen molar-refractivity contribution in [3.8, 4) is 5.75 Å². The minimum atomic E-state index is -4.69. The van der Waals surface area contributed by atoms with Crippen LogP contribution in [0.15, 0.2) is 60.8 Å². The number of amides is 1. The molecule has 0 aliphatic carbocycles. The molecular formula is C29H29Cl2F3N4O2. The molecule has 212 valence electrons. The van der Waals surface area contributed by atoms with Crippen molar-refractivity contribution in [2.75, 3.05) is 18.0 Å². The van der Waals surface area contributed by atoms with Crippen LogP contribution >= 0.6 is 24.0 Å². The fourth-order valence-electron chi connectivity index (χ4n) is 5.12. The van der Waals surface area contributed by atoms with Gasteiger partial charge in [-0.1, -0.05) is 29.8 Å². The lowest BCUT2D eigenvalue weighted by Gasteiger charge is -2.34. The Kier molecular flexibility index (Phi) is 8.85. The van der Waals surface area contributed by atoms with Gasteiger partial charge < -0.3 is 15.0 Å². The third-order valence-corrected chi connectivity index (χ3v) is 7.36. The van der Waals surface area contributed by atoms with E-state index in [-0.39, 0.29) is 30.0 Å². The van der Waals surface area contributed by atoms with Gasteiger partial charge in [0.05, 0.1) is 16.4 Å². The molecule has 1 amide bonds. The number of aryl methyl sites for hydroxylation is 2. The largest absolute Gasteiger partial charge is 0.573 e. The van der Waals surface area contributed by atoms with E-state index in [0.29, 0.717) is 23.0 Å². The number of aromatic nitrogens is 2. The number of carbonyl (C=O) groups excluding carboxylic acids is 1. The smallest absolute Gasteiger partial charge is 0.406 e. The predicted molar refractivity (Wildman–Crippen MR) is 152 cm³/mol. The van der Waals surface area contributed by atoms with Crippen LogP contribution < -0.4 is 15.0 Å². The van der Waals surface area contributed by atoms with E-state index in [1.165, 1.54) is 12.1 Å². The Morgan fingerprint density at radius 2 is 1.77 bits per heavy atom. The van der Waals surface area contributed by atoms with Crippen molar-refractivity contribution < 1.29 is 22.7 Å². The van der Waals surface area contributed by atoms with Gasteiger partial charge >= 0.3 is 6.36 Å². The second-order valence-electron chi connectivity index (χ2n) is 9.82. The summed E-state index contributed by atoms with van der Waals surface area (Å²) in [6.45, 7) is 5.68. The number of hydrogen-bond acceptors (Lipinski definition) is 4. The number of rotatable bonds is 6. The van der Waals surface area contributed by atoms with Crippen LogP contribution in [-0.4, -0.2) is 34.7 Å². The average molecular weight is 593 g/mol. The molecule has 1 aliphatic heterocycles. The van der Waals surface area contributed by atoms with Crippen LogP contribution in [0.1, 0.15) is 51.6 Å². The third-order valence-electron chi connectivity index (χ3n) is 7.06. The van der Waals surface area contributed by atoms with Crippen LogP contribution in [0.2, 0.25) is 5.02 Å². The summed E-state index contributed by atoms with van der Waals surface area (Å²) in [4.78, 5) is 19.7. The van der Waals surface area contributed by atoms with Crippen molar-refractivity contribution in [2.45, 2.75) is 45.5 Å². The van der Waals surface area contributed by atoms with Gasteiger partial charge in [0.15, 0.2) is 0 Å². The van der Waals surface area contributed by atoms with Crippen molar-refractivity contribution in [1.29, 1.82) is 0 Å². The summed E-state index contributed by atoms with van der Waals surface area (Å²) < 4.78 is 43.0. The molecule has 0 spiro atoms. The lowest BCUT2D eigenvalue weighted by molar-refractivity contribution is -0.274. The standard InChI is InChI=1S/C29H28ClF3N4O2.ClH/c1-18-9-14-37-26(15-18)35-19(2)27(37)28(38)34-17-20-3-8-25(24(30)16-20)36-12-10-22(11-13-36)21-4-6-23(7-5-21)39-29(31,32)33;/h3-9,14-16,22H,10-13,17H2,1-2H3,(H,34,38);1H. The van der Waals surface area contributed by atoms with E-state index in [1.54, 1.807) is 16.5 Å². The molecule has 0 saturated carbocycles. The summed E-state index contributed by atoms with van der Waals surface area (Å²) in [7, 11) is 0. The predicted octanol–water partition coefficient (Wildman–Crippen LogP) is 7.24.